The lowest BCUT2D eigenvalue weighted by Gasteiger charge is -2.19. The van der Waals surface area contributed by atoms with Crippen molar-refractivity contribution >= 4 is 27.3 Å². The molecule has 2 aromatic rings. The molecule has 1 heterocycles. The van der Waals surface area contributed by atoms with Crippen molar-refractivity contribution in [2.45, 2.75) is 32.9 Å². The number of rotatable bonds is 3. The Labute approximate surface area is 125 Å². The zero-order valence-electron chi connectivity index (χ0n) is 11.1. The smallest absolute Gasteiger partial charge is 0.137 e. The molecule has 0 unspecified atom stereocenters. The summed E-state index contributed by atoms with van der Waals surface area (Å²) in [4.78, 5) is 4.57. The van der Waals surface area contributed by atoms with E-state index in [-0.39, 0.29) is 11.4 Å². The van der Waals surface area contributed by atoms with Crippen LogP contribution in [0.4, 0.5) is 4.39 Å². The molecule has 0 saturated heterocycles. The highest BCUT2D eigenvalue weighted by Gasteiger charge is 2.11. The first-order valence-corrected chi connectivity index (χ1v) is 7.67. The van der Waals surface area contributed by atoms with Crippen LogP contribution in [0.2, 0.25) is 0 Å². The summed E-state index contributed by atoms with van der Waals surface area (Å²) in [5.74, 6) is -0.256. The van der Waals surface area contributed by atoms with Crippen molar-refractivity contribution in [1.29, 1.82) is 0 Å². The SMILES string of the molecule is CC(C)(C)NCc1nc(-c2ccc(F)c(Br)c2)cs1. The van der Waals surface area contributed by atoms with Gasteiger partial charge in [-0.2, -0.15) is 0 Å². The molecule has 0 radical (unpaired) electrons. The first-order chi connectivity index (χ1) is 8.85. The fourth-order valence-corrected chi connectivity index (χ4v) is 2.64. The summed E-state index contributed by atoms with van der Waals surface area (Å²) in [7, 11) is 0. The highest BCUT2D eigenvalue weighted by atomic mass is 79.9. The van der Waals surface area contributed by atoms with Crippen LogP contribution in [0, 0.1) is 5.82 Å². The Morgan fingerprint density at radius 3 is 2.74 bits per heavy atom. The lowest BCUT2D eigenvalue weighted by atomic mass is 10.1. The van der Waals surface area contributed by atoms with Crippen LogP contribution in [-0.2, 0) is 6.54 Å². The minimum Gasteiger partial charge on any atom is -0.306 e. The molecule has 102 valence electrons. The van der Waals surface area contributed by atoms with E-state index >= 15 is 0 Å². The van der Waals surface area contributed by atoms with Gasteiger partial charge in [-0.15, -0.1) is 11.3 Å². The average Bonchev–Trinajstić information content (AvgIpc) is 2.78. The summed E-state index contributed by atoms with van der Waals surface area (Å²) in [5, 5.41) is 6.43. The third kappa shape index (κ3) is 4.09. The minimum atomic E-state index is -0.256. The molecule has 1 aromatic carbocycles. The van der Waals surface area contributed by atoms with E-state index in [0.717, 1.165) is 22.8 Å². The van der Waals surface area contributed by atoms with Gasteiger partial charge in [-0.25, -0.2) is 9.37 Å². The third-order valence-electron chi connectivity index (χ3n) is 2.54. The van der Waals surface area contributed by atoms with Crippen molar-refractivity contribution in [3.8, 4) is 11.3 Å². The van der Waals surface area contributed by atoms with Crippen LogP contribution in [0.3, 0.4) is 0 Å². The van der Waals surface area contributed by atoms with Gasteiger partial charge in [-0.05, 0) is 54.9 Å². The number of hydrogen-bond acceptors (Lipinski definition) is 3. The monoisotopic (exact) mass is 342 g/mol. The topological polar surface area (TPSA) is 24.9 Å². The summed E-state index contributed by atoms with van der Waals surface area (Å²) in [6.07, 6.45) is 0. The normalized spacial score (nSPS) is 11.8. The highest BCUT2D eigenvalue weighted by Crippen LogP contribution is 2.26. The molecule has 0 aliphatic carbocycles. The van der Waals surface area contributed by atoms with Crippen molar-refractivity contribution < 1.29 is 4.39 Å². The van der Waals surface area contributed by atoms with Crippen LogP contribution in [0.5, 0.6) is 0 Å². The Morgan fingerprint density at radius 1 is 1.37 bits per heavy atom. The van der Waals surface area contributed by atoms with Crippen LogP contribution < -0.4 is 5.32 Å². The summed E-state index contributed by atoms with van der Waals surface area (Å²) in [5.41, 5.74) is 1.88. The first-order valence-electron chi connectivity index (χ1n) is 6.00. The van der Waals surface area contributed by atoms with Gasteiger partial charge in [0.2, 0.25) is 0 Å². The van der Waals surface area contributed by atoms with Crippen molar-refractivity contribution in [3.63, 3.8) is 0 Å². The second kappa shape index (κ2) is 5.69. The molecular weight excluding hydrogens is 327 g/mol. The maximum Gasteiger partial charge on any atom is 0.137 e. The summed E-state index contributed by atoms with van der Waals surface area (Å²) >= 11 is 4.81. The Kier molecular flexibility index (Phi) is 4.38. The fourth-order valence-electron chi connectivity index (χ4n) is 1.52. The summed E-state index contributed by atoms with van der Waals surface area (Å²) < 4.78 is 13.7. The quantitative estimate of drug-likeness (QED) is 0.881. The lowest BCUT2D eigenvalue weighted by molar-refractivity contribution is 0.424. The molecule has 2 rings (SSSR count). The second-order valence-electron chi connectivity index (χ2n) is 5.36. The number of hydrogen-bond donors (Lipinski definition) is 1. The van der Waals surface area contributed by atoms with E-state index in [1.54, 1.807) is 23.5 Å². The maximum absolute atomic E-state index is 13.2. The standard InChI is InChI=1S/C14H16BrFN2S/c1-14(2,3)17-7-13-18-12(8-19-13)9-4-5-11(16)10(15)6-9/h4-6,8,17H,7H2,1-3H3. The van der Waals surface area contributed by atoms with Gasteiger partial charge in [0.1, 0.15) is 10.8 Å². The van der Waals surface area contributed by atoms with Gasteiger partial charge in [-0.3, -0.25) is 0 Å². The molecule has 5 heteroatoms. The maximum atomic E-state index is 13.2. The number of nitrogens with zero attached hydrogens (tertiary/aromatic N) is 1. The molecule has 0 saturated carbocycles. The van der Waals surface area contributed by atoms with Crippen molar-refractivity contribution in [2.75, 3.05) is 0 Å². The van der Waals surface area contributed by atoms with Crippen molar-refractivity contribution in [3.05, 3.63) is 38.9 Å². The van der Waals surface area contributed by atoms with Gasteiger partial charge in [0, 0.05) is 23.0 Å². The van der Waals surface area contributed by atoms with Crippen molar-refractivity contribution in [2.24, 2.45) is 0 Å². The Morgan fingerprint density at radius 2 is 2.11 bits per heavy atom. The predicted octanol–water partition coefficient (Wildman–Crippen LogP) is 4.60. The molecule has 0 aliphatic heterocycles. The Bertz CT molecular complexity index is 575. The largest absolute Gasteiger partial charge is 0.306 e. The van der Waals surface area contributed by atoms with Gasteiger partial charge in [0.15, 0.2) is 0 Å². The van der Waals surface area contributed by atoms with Gasteiger partial charge in [0.05, 0.1) is 10.2 Å². The summed E-state index contributed by atoms with van der Waals surface area (Å²) in [6.45, 7) is 7.12. The van der Waals surface area contributed by atoms with E-state index in [1.165, 1.54) is 6.07 Å². The molecule has 0 amide bonds. The van der Waals surface area contributed by atoms with Gasteiger partial charge < -0.3 is 5.32 Å². The molecular formula is C14H16BrFN2S. The third-order valence-corrected chi connectivity index (χ3v) is 3.99. The van der Waals surface area contributed by atoms with Gasteiger partial charge in [-0.1, -0.05) is 0 Å². The fraction of sp³-hybridized carbons (Fsp3) is 0.357. The van der Waals surface area contributed by atoms with Crippen LogP contribution in [0.25, 0.3) is 11.3 Å². The van der Waals surface area contributed by atoms with Crippen molar-refractivity contribution in [1.82, 2.24) is 10.3 Å². The summed E-state index contributed by atoms with van der Waals surface area (Å²) in [6, 6.07) is 4.95. The number of aromatic nitrogens is 1. The van der Waals surface area contributed by atoms with Crippen LogP contribution in [0.1, 0.15) is 25.8 Å². The highest BCUT2D eigenvalue weighted by molar-refractivity contribution is 9.10. The molecule has 19 heavy (non-hydrogen) atoms. The molecule has 1 N–H and O–H groups in total. The van der Waals surface area contributed by atoms with Gasteiger partial charge >= 0.3 is 0 Å². The van der Waals surface area contributed by atoms with E-state index < -0.39 is 0 Å². The lowest BCUT2D eigenvalue weighted by Crippen LogP contribution is -2.34. The number of nitrogens with one attached hydrogen (secondary N) is 1. The van der Waals surface area contributed by atoms with Gasteiger partial charge in [0.25, 0.3) is 0 Å². The van der Waals surface area contributed by atoms with Crippen LogP contribution in [-0.4, -0.2) is 10.5 Å². The second-order valence-corrected chi connectivity index (χ2v) is 7.16. The van der Waals surface area contributed by atoms with E-state index in [9.17, 15) is 4.39 Å². The molecule has 0 bridgehead atoms. The predicted molar refractivity (Wildman–Crippen MR) is 81.8 cm³/mol. The zero-order valence-corrected chi connectivity index (χ0v) is 13.5. The van der Waals surface area contributed by atoms with E-state index in [0.29, 0.717) is 4.47 Å². The molecule has 0 fully saturated rings. The molecule has 1 aromatic heterocycles. The molecule has 0 atom stereocenters. The van der Waals surface area contributed by atoms with Crippen LogP contribution in [0.15, 0.2) is 28.1 Å². The van der Waals surface area contributed by atoms with E-state index in [4.69, 9.17) is 0 Å². The molecule has 2 nitrogen and oxygen atoms in total. The Balaban J connectivity index is 2.14. The first kappa shape index (κ1) is 14.6. The average molecular weight is 343 g/mol. The Hall–Kier alpha value is -0.780. The number of halogens is 2. The minimum absolute atomic E-state index is 0.0741. The molecule has 0 spiro atoms. The van der Waals surface area contributed by atoms with Crippen LogP contribution >= 0.6 is 27.3 Å². The number of thiazole rings is 1. The zero-order chi connectivity index (χ0) is 14.0. The van der Waals surface area contributed by atoms with E-state index in [1.807, 2.05) is 5.38 Å². The van der Waals surface area contributed by atoms with E-state index in [2.05, 4.69) is 47.0 Å². The number of benzene rings is 1. The molecule has 0 aliphatic rings.